The molecule has 0 atom stereocenters. The molecule has 0 amide bonds. The molecule has 2 heterocycles. The van der Waals surface area contributed by atoms with E-state index in [1.807, 2.05) is 48.5 Å². The summed E-state index contributed by atoms with van der Waals surface area (Å²) >= 11 is 0. The molecule has 0 aliphatic heterocycles. The van der Waals surface area contributed by atoms with Gasteiger partial charge in [0.2, 0.25) is 0 Å². The van der Waals surface area contributed by atoms with Gasteiger partial charge >= 0.3 is 5.97 Å². The number of ether oxygens (including phenoxy) is 2. The van der Waals surface area contributed by atoms with Crippen LogP contribution in [-0.2, 0) is 4.74 Å². The molecule has 0 radical (unpaired) electrons. The van der Waals surface area contributed by atoms with Gasteiger partial charge in [0, 0.05) is 43.7 Å². The predicted molar refractivity (Wildman–Crippen MR) is 138 cm³/mol. The van der Waals surface area contributed by atoms with Crippen LogP contribution in [0.4, 0.5) is 0 Å². The van der Waals surface area contributed by atoms with Crippen molar-refractivity contribution < 1.29 is 19.1 Å². The van der Waals surface area contributed by atoms with Gasteiger partial charge in [0.05, 0.1) is 24.8 Å². The molecule has 0 saturated carbocycles. The first kappa shape index (κ1) is 21.0. The minimum atomic E-state index is -0.441. The third-order valence-electron chi connectivity index (χ3n) is 6.47. The minimum Gasteiger partial charge on any atom is -0.497 e. The first-order valence-electron chi connectivity index (χ1n) is 11.4. The summed E-state index contributed by atoms with van der Waals surface area (Å²) in [5.74, 6) is 0.102. The van der Waals surface area contributed by atoms with E-state index in [0.29, 0.717) is 44.2 Å². The van der Waals surface area contributed by atoms with E-state index >= 15 is 0 Å². The fourth-order valence-electron chi connectivity index (χ4n) is 4.95. The van der Waals surface area contributed by atoms with Crippen molar-refractivity contribution in [2.24, 2.45) is 0 Å². The van der Waals surface area contributed by atoms with Crippen LogP contribution in [0, 0.1) is 0 Å². The fraction of sp³-hybridized carbons (Fsp3) is 0.103. The van der Waals surface area contributed by atoms with Gasteiger partial charge in [-0.05, 0) is 43.3 Å². The summed E-state index contributed by atoms with van der Waals surface area (Å²) in [6.45, 7) is 2.03. The highest BCUT2D eigenvalue weighted by atomic mass is 16.5. The number of hydrogen-bond donors (Lipinski definition) is 2. The van der Waals surface area contributed by atoms with Crippen LogP contribution in [0.25, 0.3) is 43.6 Å². The third-order valence-corrected chi connectivity index (χ3v) is 6.47. The van der Waals surface area contributed by atoms with Crippen molar-refractivity contribution in [3.8, 4) is 5.75 Å². The zero-order valence-corrected chi connectivity index (χ0v) is 19.3. The highest BCUT2D eigenvalue weighted by Crippen LogP contribution is 2.41. The number of aromatic nitrogens is 2. The SMILES string of the molecule is CCOC(=O)c1c2[nH]c3ccccc3c2c(C(=O)c2ccc(OC)cc2)c2c1[nH]c1ccccc12. The van der Waals surface area contributed by atoms with Crippen molar-refractivity contribution in [1.29, 1.82) is 0 Å². The molecule has 35 heavy (non-hydrogen) atoms. The molecule has 6 nitrogen and oxygen atoms in total. The van der Waals surface area contributed by atoms with Crippen LogP contribution >= 0.6 is 0 Å². The van der Waals surface area contributed by atoms with E-state index in [1.165, 1.54) is 0 Å². The third kappa shape index (κ3) is 3.10. The standard InChI is InChI=1S/C29H22N2O4/c1-3-35-29(33)25-26-22(18-8-4-6-10-20(18)30-26)24(28(32)16-12-14-17(34-2)15-13-16)23-19-9-5-7-11-21(19)31-27(23)25/h4-15,30-31H,3H2,1-2H3. The summed E-state index contributed by atoms with van der Waals surface area (Å²) in [5.41, 5.74) is 4.33. The summed E-state index contributed by atoms with van der Waals surface area (Å²) in [4.78, 5) is 34.3. The van der Waals surface area contributed by atoms with E-state index < -0.39 is 5.97 Å². The average Bonchev–Trinajstić information content (AvgIpc) is 3.45. The highest BCUT2D eigenvalue weighted by molar-refractivity contribution is 6.36. The Labute approximate surface area is 200 Å². The van der Waals surface area contributed by atoms with E-state index in [2.05, 4.69) is 9.97 Å². The first-order valence-corrected chi connectivity index (χ1v) is 11.4. The number of fused-ring (bicyclic) bond motifs is 6. The molecule has 6 heteroatoms. The fourth-order valence-corrected chi connectivity index (χ4v) is 4.95. The van der Waals surface area contributed by atoms with Gasteiger partial charge in [-0.1, -0.05) is 36.4 Å². The van der Waals surface area contributed by atoms with Crippen molar-refractivity contribution >= 4 is 55.4 Å². The first-order chi connectivity index (χ1) is 17.1. The number of rotatable bonds is 5. The quantitative estimate of drug-likeness (QED) is 0.230. The zero-order valence-electron chi connectivity index (χ0n) is 19.3. The van der Waals surface area contributed by atoms with Crippen LogP contribution < -0.4 is 4.74 Å². The molecule has 0 aliphatic carbocycles. The predicted octanol–water partition coefficient (Wildman–Crippen LogP) is 6.37. The van der Waals surface area contributed by atoms with Gasteiger partial charge in [-0.3, -0.25) is 4.79 Å². The number of para-hydroxylation sites is 2. The number of aromatic amines is 2. The van der Waals surface area contributed by atoms with Crippen molar-refractivity contribution in [3.63, 3.8) is 0 Å². The maximum Gasteiger partial charge on any atom is 0.342 e. The Kier molecular flexibility index (Phi) is 4.81. The zero-order chi connectivity index (χ0) is 24.1. The Morgan fingerprint density at radius 2 is 1.29 bits per heavy atom. The lowest BCUT2D eigenvalue weighted by Crippen LogP contribution is -2.09. The molecule has 2 aromatic heterocycles. The van der Waals surface area contributed by atoms with E-state index in [4.69, 9.17) is 9.47 Å². The molecule has 2 N–H and O–H groups in total. The maximum absolute atomic E-state index is 14.2. The monoisotopic (exact) mass is 462 g/mol. The maximum atomic E-state index is 14.2. The molecule has 4 aromatic carbocycles. The van der Waals surface area contributed by atoms with Gasteiger partial charge in [-0.25, -0.2) is 4.79 Å². The van der Waals surface area contributed by atoms with Crippen LogP contribution in [-0.4, -0.2) is 35.4 Å². The van der Waals surface area contributed by atoms with E-state index in [0.717, 1.165) is 21.8 Å². The summed E-state index contributed by atoms with van der Waals surface area (Å²) in [5, 5.41) is 3.16. The van der Waals surface area contributed by atoms with E-state index in [-0.39, 0.29) is 12.4 Å². The van der Waals surface area contributed by atoms with Gasteiger partial charge in [0.1, 0.15) is 11.3 Å². The lowest BCUT2D eigenvalue weighted by Gasteiger charge is -2.12. The molecular formula is C29H22N2O4. The Morgan fingerprint density at radius 1 is 0.743 bits per heavy atom. The van der Waals surface area contributed by atoms with Gasteiger partial charge in [0.25, 0.3) is 0 Å². The van der Waals surface area contributed by atoms with Gasteiger partial charge < -0.3 is 19.4 Å². The molecule has 0 aliphatic rings. The Morgan fingerprint density at radius 3 is 1.80 bits per heavy atom. The van der Waals surface area contributed by atoms with Crippen LogP contribution in [0.1, 0.15) is 33.2 Å². The largest absolute Gasteiger partial charge is 0.497 e. The van der Waals surface area contributed by atoms with Crippen LogP contribution in [0.5, 0.6) is 5.75 Å². The number of methoxy groups -OCH3 is 1. The minimum absolute atomic E-state index is 0.132. The van der Waals surface area contributed by atoms with Crippen LogP contribution in [0.2, 0.25) is 0 Å². The number of nitrogens with one attached hydrogen (secondary N) is 2. The van der Waals surface area contributed by atoms with Crippen molar-refractivity contribution in [2.75, 3.05) is 13.7 Å². The van der Waals surface area contributed by atoms with Crippen LogP contribution in [0.3, 0.4) is 0 Å². The summed E-state index contributed by atoms with van der Waals surface area (Å²) in [7, 11) is 1.59. The number of H-pyrrole nitrogens is 2. The smallest absolute Gasteiger partial charge is 0.342 e. The van der Waals surface area contributed by atoms with Crippen LogP contribution in [0.15, 0.2) is 72.8 Å². The Balaban J connectivity index is 1.82. The van der Waals surface area contributed by atoms with Gasteiger partial charge in [-0.2, -0.15) is 0 Å². The molecule has 0 spiro atoms. The molecule has 6 aromatic rings. The average molecular weight is 463 g/mol. The number of ketones is 1. The lowest BCUT2D eigenvalue weighted by atomic mass is 9.91. The molecule has 0 bridgehead atoms. The second kappa shape index (κ2) is 8.02. The highest BCUT2D eigenvalue weighted by Gasteiger charge is 2.29. The normalized spacial score (nSPS) is 11.5. The van der Waals surface area contributed by atoms with E-state index in [9.17, 15) is 9.59 Å². The number of carbonyl (C=O) groups excluding carboxylic acids is 2. The summed E-state index contributed by atoms with van der Waals surface area (Å²) < 4.78 is 10.7. The topological polar surface area (TPSA) is 84.2 Å². The lowest BCUT2D eigenvalue weighted by molar-refractivity contribution is 0.0530. The Hall–Kier alpha value is -4.58. The summed E-state index contributed by atoms with van der Waals surface area (Å²) in [6, 6.07) is 22.6. The molecular weight excluding hydrogens is 440 g/mol. The number of benzene rings is 4. The van der Waals surface area contributed by atoms with Gasteiger partial charge in [-0.15, -0.1) is 0 Å². The molecule has 0 fully saturated rings. The van der Waals surface area contributed by atoms with Crippen molar-refractivity contribution in [3.05, 3.63) is 89.5 Å². The second-order valence-electron chi connectivity index (χ2n) is 8.37. The molecule has 0 saturated heterocycles. The van der Waals surface area contributed by atoms with Gasteiger partial charge in [0.15, 0.2) is 5.78 Å². The molecule has 172 valence electrons. The van der Waals surface area contributed by atoms with Crippen molar-refractivity contribution in [2.45, 2.75) is 6.92 Å². The summed E-state index contributed by atoms with van der Waals surface area (Å²) in [6.07, 6.45) is 0. The molecule has 0 unspecified atom stereocenters. The number of esters is 1. The number of hydrogen-bond acceptors (Lipinski definition) is 4. The second-order valence-corrected chi connectivity index (χ2v) is 8.37. The Bertz CT molecular complexity index is 1680. The molecule has 6 rings (SSSR count). The van der Waals surface area contributed by atoms with E-state index in [1.54, 1.807) is 38.3 Å². The number of carbonyl (C=O) groups is 2. The van der Waals surface area contributed by atoms with Crippen molar-refractivity contribution in [1.82, 2.24) is 9.97 Å².